The molecule has 0 fully saturated rings. The molecule has 6 N–H and O–H groups in total. The molecule has 0 atom stereocenters. The Hall–Kier alpha value is -1.99. The molecule has 0 saturated heterocycles. The van der Waals surface area contributed by atoms with Gasteiger partial charge in [-0.3, -0.25) is 5.14 Å². The molecule has 0 aliphatic rings. The van der Waals surface area contributed by atoms with Crippen molar-refractivity contribution in [2.45, 2.75) is 4.90 Å². The molecule has 0 amide bonds. The number of rotatable bonds is 3. The lowest BCUT2D eigenvalue weighted by Gasteiger charge is -2.08. The minimum atomic E-state index is 0.111. The van der Waals surface area contributed by atoms with Gasteiger partial charge in [0.15, 0.2) is 0 Å². The van der Waals surface area contributed by atoms with E-state index in [1.807, 2.05) is 0 Å². The molecule has 1 heterocycles. The average Bonchev–Trinajstić information content (AvgIpc) is 2.32. The quantitative estimate of drug-likeness (QED) is 0.481. The van der Waals surface area contributed by atoms with Gasteiger partial charge in [0.2, 0.25) is 5.95 Å². The summed E-state index contributed by atoms with van der Waals surface area (Å²) in [7, 11) is 0. The molecule has 6 nitrogen and oxygen atoms in total. The van der Waals surface area contributed by atoms with Gasteiger partial charge >= 0.3 is 0 Å². The fourth-order valence-corrected chi connectivity index (χ4v) is 1.60. The monoisotopic (exact) mass is 249 g/mol. The normalized spacial score (nSPS) is 10.2. The lowest BCUT2D eigenvalue weighted by atomic mass is 10.3. The van der Waals surface area contributed by atoms with Crippen molar-refractivity contribution >= 4 is 29.4 Å². The van der Waals surface area contributed by atoms with Crippen LogP contribution in [0.4, 0.5) is 17.5 Å². The third kappa shape index (κ3) is 2.77. The van der Waals surface area contributed by atoms with Crippen molar-refractivity contribution in [2.24, 2.45) is 5.14 Å². The van der Waals surface area contributed by atoms with Crippen LogP contribution in [0.5, 0.6) is 5.75 Å². The summed E-state index contributed by atoms with van der Waals surface area (Å²) in [6.45, 7) is 0. The molecule has 17 heavy (non-hydrogen) atoms. The highest BCUT2D eigenvalue weighted by Crippen LogP contribution is 2.29. The highest BCUT2D eigenvalue weighted by Gasteiger charge is 2.04. The first-order valence-corrected chi connectivity index (χ1v) is 5.62. The Morgan fingerprint density at radius 3 is 2.82 bits per heavy atom. The van der Waals surface area contributed by atoms with Crippen LogP contribution in [0.15, 0.2) is 35.4 Å². The third-order valence-corrected chi connectivity index (χ3v) is 2.57. The minimum Gasteiger partial charge on any atom is -0.506 e. The lowest BCUT2D eigenvalue weighted by Crippen LogP contribution is -1.99. The van der Waals surface area contributed by atoms with Gasteiger partial charge in [-0.25, -0.2) is 4.98 Å². The van der Waals surface area contributed by atoms with Crippen molar-refractivity contribution in [2.75, 3.05) is 11.1 Å². The fraction of sp³-hybridized carbons (Fsp3) is 0. The maximum Gasteiger partial charge on any atom is 0.221 e. The molecule has 0 spiro atoms. The van der Waals surface area contributed by atoms with Crippen LogP contribution in [0, 0.1) is 0 Å². The molecule has 1 aromatic carbocycles. The van der Waals surface area contributed by atoms with Crippen LogP contribution in [0.1, 0.15) is 0 Å². The number of nitrogen functional groups attached to an aromatic ring is 1. The van der Waals surface area contributed by atoms with Crippen LogP contribution in [0.3, 0.4) is 0 Å². The summed E-state index contributed by atoms with van der Waals surface area (Å²) >= 11 is 1.10. The molecular weight excluding hydrogens is 238 g/mol. The van der Waals surface area contributed by atoms with Crippen LogP contribution < -0.4 is 16.2 Å². The lowest BCUT2D eigenvalue weighted by molar-refractivity contribution is 0.477. The molecule has 2 rings (SSSR count). The smallest absolute Gasteiger partial charge is 0.221 e. The Morgan fingerprint density at radius 2 is 2.12 bits per heavy atom. The van der Waals surface area contributed by atoms with Gasteiger partial charge in [0.05, 0.1) is 5.69 Å². The zero-order chi connectivity index (χ0) is 12.3. The number of nitrogens with zero attached hydrogens (tertiary/aromatic N) is 2. The van der Waals surface area contributed by atoms with Gasteiger partial charge in [-0.2, -0.15) is 4.98 Å². The number of aromatic hydroxyl groups is 1. The summed E-state index contributed by atoms with van der Waals surface area (Å²) in [5.74, 6) is 0.783. The number of phenols is 1. The van der Waals surface area contributed by atoms with Gasteiger partial charge in [-0.1, -0.05) is 0 Å². The minimum absolute atomic E-state index is 0.111. The van der Waals surface area contributed by atoms with E-state index in [0.29, 0.717) is 11.5 Å². The topological polar surface area (TPSA) is 110 Å². The molecule has 0 radical (unpaired) electrons. The first-order valence-electron chi connectivity index (χ1n) is 4.74. The van der Waals surface area contributed by atoms with E-state index >= 15 is 0 Å². The summed E-state index contributed by atoms with van der Waals surface area (Å²) < 4.78 is 0. The third-order valence-electron chi connectivity index (χ3n) is 2.04. The zero-order valence-corrected chi connectivity index (χ0v) is 9.61. The zero-order valence-electron chi connectivity index (χ0n) is 8.79. The summed E-state index contributed by atoms with van der Waals surface area (Å²) in [5.41, 5.74) is 5.97. The summed E-state index contributed by atoms with van der Waals surface area (Å²) in [6, 6.07) is 6.65. The fourth-order valence-electron chi connectivity index (χ4n) is 1.27. The van der Waals surface area contributed by atoms with E-state index in [-0.39, 0.29) is 11.7 Å². The number of hydrogen-bond donors (Lipinski definition) is 4. The number of benzene rings is 1. The largest absolute Gasteiger partial charge is 0.506 e. The Balaban J connectivity index is 2.29. The highest BCUT2D eigenvalue weighted by atomic mass is 32.2. The van der Waals surface area contributed by atoms with Gasteiger partial charge < -0.3 is 16.2 Å². The van der Waals surface area contributed by atoms with Crippen molar-refractivity contribution in [3.63, 3.8) is 0 Å². The Kier molecular flexibility index (Phi) is 3.31. The first kappa shape index (κ1) is 11.5. The van der Waals surface area contributed by atoms with Gasteiger partial charge in [0.1, 0.15) is 11.6 Å². The molecule has 0 unspecified atom stereocenters. The van der Waals surface area contributed by atoms with E-state index in [9.17, 15) is 5.11 Å². The van der Waals surface area contributed by atoms with Gasteiger partial charge in [-0.15, -0.1) is 0 Å². The molecule has 2 aromatic rings. The van der Waals surface area contributed by atoms with Crippen LogP contribution in [-0.4, -0.2) is 15.1 Å². The summed E-state index contributed by atoms with van der Waals surface area (Å²) in [4.78, 5) is 8.58. The first-order chi connectivity index (χ1) is 8.19. The SMILES string of the molecule is NSc1ccc(O)c(Nc2ccnc(N)n2)c1. The van der Waals surface area contributed by atoms with Gasteiger partial charge in [0, 0.05) is 11.1 Å². The van der Waals surface area contributed by atoms with Crippen LogP contribution in [0.2, 0.25) is 0 Å². The van der Waals surface area contributed by atoms with E-state index in [1.165, 1.54) is 6.20 Å². The standard InChI is InChI=1S/C10H11N5OS/c11-10-13-4-3-9(15-10)14-7-5-6(17-12)1-2-8(7)16/h1-5,16H,12H2,(H3,11,13,14,15). The Labute approximate surface area is 102 Å². The van der Waals surface area contributed by atoms with E-state index in [4.69, 9.17) is 10.9 Å². The van der Waals surface area contributed by atoms with Crippen LogP contribution >= 0.6 is 11.9 Å². The highest BCUT2D eigenvalue weighted by molar-refractivity contribution is 7.97. The van der Waals surface area contributed by atoms with Crippen LogP contribution in [0.25, 0.3) is 0 Å². The number of phenolic OH excluding ortho intramolecular Hbond substituents is 1. The predicted octanol–water partition coefficient (Wildman–Crippen LogP) is 1.47. The van der Waals surface area contributed by atoms with Crippen molar-refractivity contribution in [3.05, 3.63) is 30.5 Å². The Bertz CT molecular complexity index is 534. The van der Waals surface area contributed by atoms with Crippen molar-refractivity contribution in [1.29, 1.82) is 0 Å². The van der Waals surface area contributed by atoms with Gasteiger partial charge in [-0.05, 0) is 36.2 Å². The molecule has 1 aromatic heterocycles. The molecular formula is C10H11N5OS. The maximum atomic E-state index is 9.67. The summed E-state index contributed by atoms with van der Waals surface area (Å²) in [5, 5.41) is 18.1. The number of nitrogens with two attached hydrogens (primary N) is 2. The van der Waals surface area contributed by atoms with Crippen molar-refractivity contribution in [3.8, 4) is 5.75 Å². The maximum absolute atomic E-state index is 9.67. The molecule has 0 aliphatic carbocycles. The van der Waals surface area contributed by atoms with Crippen molar-refractivity contribution in [1.82, 2.24) is 9.97 Å². The molecule has 7 heteroatoms. The second-order valence-corrected chi connectivity index (χ2v) is 3.93. The van der Waals surface area contributed by atoms with E-state index < -0.39 is 0 Å². The summed E-state index contributed by atoms with van der Waals surface area (Å²) in [6.07, 6.45) is 1.53. The predicted molar refractivity (Wildman–Crippen MR) is 67.9 cm³/mol. The second kappa shape index (κ2) is 4.89. The van der Waals surface area contributed by atoms with E-state index in [1.54, 1.807) is 24.3 Å². The number of hydrogen-bond acceptors (Lipinski definition) is 7. The van der Waals surface area contributed by atoms with Crippen LogP contribution in [-0.2, 0) is 0 Å². The van der Waals surface area contributed by atoms with E-state index in [0.717, 1.165) is 16.8 Å². The Morgan fingerprint density at radius 1 is 1.29 bits per heavy atom. The second-order valence-electron chi connectivity index (χ2n) is 3.22. The molecule has 0 aliphatic heterocycles. The number of nitrogens with one attached hydrogen (secondary N) is 1. The van der Waals surface area contributed by atoms with E-state index in [2.05, 4.69) is 15.3 Å². The number of anilines is 3. The average molecular weight is 249 g/mol. The molecule has 88 valence electrons. The number of aromatic nitrogens is 2. The molecule has 0 bridgehead atoms. The van der Waals surface area contributed by atoms with Crippen molar-refractivity contribution < 1.29 is 5.11 Å². The van der Waals surface area contributed by atoms with Gasteiger partial charge in [0.25, 0.3) is 0 Å². The molecule has 0 saturated carbocycles.